The summed E-state index contributed by atoms with van der Waals surface area (Å²) < 4.78 is 0. The Labute approximate surface area is 123 Å². The number of carboxylic acid groups (broad SMARTS) is 1. The molecule has 4 heteroatoms. The lowest BCUT2D eigenvalue weighted by Gasteiger charge is -1.97. The van der Waals surface area contributed by atoms with Gasteiger partial charge in [0.05, 0.1) is 17.1 Å². The van der Waals surface area contributed by atoms with Crippen LogP contribution in [-0.2, 0) is 24.1 Å². The maximum absolute atomic E-state index is 10.7. The second-order valence-electron chi connectivity index (χ2n) is 4.78. The molecule has 0 aliphatic carbocycles. The van der Waals surface area contributed by atoms with Crippen molar-refractivity contribution in [3.05, 3.63) is 51.5 Å². The largest absolute Gasteiger partial charge is 0.481 e. The molecule has 0 fully saturated rings. The summed E-state index contributed by atoms with van der Waals surface area (Å²) in [6.07, 6.45) is 3.57. The standard InChI is InChI=1S/C16H19NO2S/c1-2-6-13-14(9-10-16(18)19)20-15(17-13)11-12-7-4-3-5-8-12/h3-5,7-8H,2,6,9-11H2,1H3,(H,18,19). The van der Waals surface area contributed by atoms with E-state index in [4.69, 9.17) is 10.1 Å². The van der Waals surface area contributed by atoms with Gasteiger partial charge in [-0.05, 0) is 18.4 Å². The molecule has 0 amide bonds. The van der Waals surface area contributed by atoms with Gasteiger partial charge in [-0.25, -0.2) is 4.98 Å². The topological polar surface area (TPSA) is 50.2 Å². The fourth-order valence-electron chi connectivity index (χ4n) is 2.13. The summed E-state index contributed by atoms with van der Waals surface area (Å²) in [5.74, 6) is -0.745. The van der Waals surface area contributed by atoms with Crippen LogP contribution < -0.4 is 0 Å². The second-order valence-corrected chi connectivity index (χ2v) is 5.95. The predicted molar refractivity (Wildman–Crippen MR) is 81.3 cm³/mol. The molecule has 0 spiro atoms. The summed E-state index contributed by atoms with van der Waals surface area (Å²) in [5.41, 5.74) is 2.33. The highest BCUT2D eigenvalue weighted by molar-refractivity contribution is 7.11. The van der Waals surface area contributed by atoms with Crippen LogP contribution in [-0.4, -0.2) is 16.1 Å². The van der Waals surface area contributed by atoms with Crippen LogP contribution in [0.5, 0.6) is 0 Å². The van der Waals surface area contributed by atoms with Gasteiger partial charge in [-0.15, -0.1) is 11.3 Å². The van der Waals surface area contributed by atoms with Crippen LogP contribution in [0.25, 0.3) is 0 Å². The van der Waals surface area contributed by atoms with Crippen molar-refractivity contribution in [1.82, 2.24) is 4.98 Å². The minimum absolute atomic E-state index is 0.184. The van der Waals surface area contributed by atoms with Gasteiger partial charge in [0.1, 0.15) is 0 Å². The SMILES string of the molecule is CCCc1nc(Cc2ccccc2)sc1CCC(=O)O. The molecular formula is C16H19NO2S. The van der Waals surface area contributed by atoms with E-state index in [2.05, 4.69) is 19.1 Å². The van der Waals surface area contributed by atoms with Crippen molar-refractivity contribution in [2.45, 2.75) is 39.0 Å². The minimum atomic E-state index is -0.745. The van der Waals surface area contributed by atoms with Crippen LogP contribution >= 0.6 is 11.3 Å². The quantitative estimate of drug-likeness (QED) is 0.845. The van der Waals surface area contributed by atoms with Crippen LogP contribution in [0.3, 0.4) is 0 Å². The third kappa shape index (κ3) is 4.17. The molecule has 1 N–H and O–H groups in total. The van der Waals surface area contributed by atoms with E-state index in [1.165, 1.54) is 5.56 Å². The first-order valence-electron chi connectivity index (χ1n) is 6.92. The highest BCUT2D eigenvalue weighted by Gasteiger charge is 2.12. The molecule has 1 aromatic carbocycles. The van der Waals surface area contributed by atoms with Crippen molar-refractivity contribution in [2.75, 3.05) is 0 Å². The van der Waals surface area contributed by atoms with Crippen molar-refractivity contribution in [3.8, 4) is 0 Å². The monoisotopic (exact) mass is 289 g/mol. The Morgan fingerprint density at radius 3 is 2.65 bits per heavy atom. The molecule has 1 heterocycles. The Bertz CT molecular complexity index is 563. The van der Waals surface area contributed by atoms with Gasteiger partial charge in [0.25, 0.3) is 0 Å². The summed E-state index contributed by atoms with van der Waals surface area (Å²) in [6, 6.07) is 10.3. The number of carbonyl (C=O) groups is 1. The second kappa shape index (κ2) is 7.20. The molecule has 2 rings (SSSR count). The molecule has 20 heavy (non-hydrogen) atoms. The number of aliphatic carboxylic acids is 1. The summed E-state index contributed by atoms with van der Waals surface area (Å²) in [4.78, 5) is 16.6. The Kier molecular flexibility index (Phi) is 5.30. The molecule has 1 aromatic heterocycles. The van der Waals surface area contributed by atoms with Gasteiger partial charge >= 0.3 is 5.97 Å². The predicted octanol–water partition coefficient (Wildman–Crippen LogP) is 3.70. The Balaban J connectivity index is 2.13. The number of hydrogen-bond donors (Lipinski definition) is 1. The zero-order valence-corrected chi connectivity index (χ0v) is 12.4. The van der Waals surface area contributed by atoms with Crippen molar-refractivity contribution in [2.24, 2.45) is 0 Å². The number of nitrogens with zero attached hydrogens (tertiary/aromatic N) is 1. The van der Waals surface area contributed by atoms with E-state index in [9.17, 15) is 4.79 Å². The zero-order valence-electron chi connectivity index (χ0n) is 11.6. The number of aromatic nitrogens is 1. The van der Waals surface area contributed by atoms with Gasteiger partial charge in [0.15, 0.2) is 0 Å². The fourth-order valence-corrected chi connectivity index (χ4v) is 3.28. The normalized spacial score (nSPS) is 10.7. The Hall–Kier alpha value is -1.68. The van der Waals surface area contributed by atoms with Crippen molar-refractivity contribution in [3.63, 3.8) is 0 Å². The molecule has 0 bridgehead atoms. The molecule has 0 radical (unpaired) electrons. The lowest BCUT2D eigenvalue weighted by atomic mass is 10.1. The van der Waals surface area contributed by atoms with E-state index in [0.29, 0.717) is 6.42 Å². The molecule has 0 atom stereocenters. The average Bonchev–Trinajstić information content (AvgIpc) is 2.80. The third-order valence-corrected chi connectivity index (χ3v) is 4.23. The number of thiazole rings is 1. The maximum atomic E-state index is 10.7. The molecule has 0 aliphatic heterocycles. The van der Waals surface area contributed by atoms with Crippen molar-refractivity contribution in [1.29, 1.82) is 0 Å². The first-order chi connectivity index (χ1) is 9.69. The summed E-state index contributed by atoms with van der Waals surface area (Å²) >= 11 is 1.66. The Morgan fingerprint density at radius 2 is 2.00 bits per heavy atom. The zero-order chi connectivity index (χ0) is 14.4. The first-order valence-corrected chi connectivity index (χ1v) is 7.74. The van der Waals surface area contributed by atoms with Crippen molar-refractivity contribution >= 4 is 17.3 Å². The fraction of sp³-hybridized carbons (Fsp3) is 0.375. The van der Waals surface area contributed by atoms with Gasteiger partial charge in [-0.2, -0.15) is 0 Å². The molecule has 106 valence electrons. The van der Waals surface area contributed by atoms with E-state index in [1.807, 2.05) is 18.2 Å². The molecule has 3 nitrogen and oxygen atoms in total. The number of hydrogen-bond acceptors (Lipinski definition) is 3. The summed E-state index contributed by atoms with van der Waals surface area (Å²) in [5, 5.41) is 9.91. The van der Waals surface area contributed by atoms with Crippen LogP contribution in [0.15, 0.2) is 30.3 Å². The van der Waals surface area contributed by atoms with Crippen molar-refractivity contribution < 1.29 is 9.90 Å². The summed E-state index contributed by atoms with van der Waals surface area (Å²) in [7, 11) is 0. The Morgan fingerprint density at radius 1 is 1.25 bits per heavy atom. The van der Waals surface area contributed by atoms with Crippen LogP contribution in [0.1, 0.15) is 40.9 Å². The van der Waals surface area contributed by atoms with E-state index in [-0.39, 0.29) is 6.42 Å². The van der Waals surface area contributed by atoms with Gasteiger partial charge in [0, 0.05) is 11.3 Å². The summed E-state index contributed by atoms with van der Waals surface area (Å²) in [6.45, 7) is 2.12. The van der Waals surface area contributed by atoms with E-state index in [1.54, 1.807) is 11.3 Å². The smallest absolute Gasteiger partial charge is 0.303 e. The van der Waals surface area contributed by atoms with Gasteiger partial charge in [-0.1, -0.05) is 43.7 Å². The highest BCUT2D eigenvalue weighted by Crippen LogP contribution is 2.24. The molecule has 0 saturated carbocycles. The van der Waals surface area contributed by atoms with Gasteiger partial charge in [-0.3, -0.25) is 4.79 Å². The van der Waals surface area contributed by atoms with E-state index >= 15 is 0 Å². The van der Waals surface area contributed by atoms with Gasteiger partial charge < -0.3 is 5.11 Å². The van der Waals surface area contributed by atoms with Gasteiger partial charge in [0.2, 0.25) is 0 Å². The van der Waals surface area contributed by atoms with Crippen LogP contribution in [0.2, 0.25) is 0 Å². The number of benzene rings is 1. The number of aryl methyl sites for hydroxylation is 2. The van der Waals surface area contributed by atoms with E-state index in [0.717, 1.165) is 34.8 Å². The first kappa shape index (κ1) is 14.7. The molecular weight excluding hydrogens is 270 g/mol. The third-order valence-electron chi connectivity index (χ3n) is 3.07. The molecule has 0 aliphatic rings. The minimum Gasteiger partial charge on any atom is -0.481 e. The van der Waals surface area contributed by atoms with Crippen LogP contribution in [0, 0.1) is 0 Å². The number of carboxylic acids is 1. The van der Waals surface area contributed by atoms with E-state index < -0.39 is 5.97 Å². The lowest BCUT2D eigenvalue weighted by Crippen LogP contribution is -1.98. The van der Waals surface area contributed by atoms with Crippen LogP contribution in [0.4, 0.5) is 0 Å². The highest BCUT2D eigenvalue weighted by atomic mass is 32.1. The molecule has 2 aromatic rings. The lowest BCUT2D eigenvalue weighted by molar-refractivity contribution is -0.136. The number of rotatable bonds is 7. The maximum Gasteiger partial charge on any atom is 0.303 e. The molecule has 0 saturated heterocycles. The average molecular weight is 289 g/mol. The molecule has 0 unspecified atom stereocenters.